The summed E-state index contributed by atoms with van der Waals surface area (Å²) in [6, 6.07) is 4.57. The number of ether oxygens (including phenoxy) is 2. The van der Waals surface area contributed by atoms with Gasteiger partial charge in [-0.1, -0.05) is 6.07 Å². The lowest BCUT2D eigenvalue weighted by Gasteiger charge is -2.26. The van der Waals surface area contributed by atoms with Crippen LogP contribution in [0, 0.1) is 5.92 Å². The normalized spacial score (nSPS) is 17.9. The third kappa shape index (κ3) is 5.83. The second kappa shape index (κ2) is 10.9. The van der Waals surface area contributed by atoms with Gasteiger partial charge >= 0.3 is 0 Å². The zero-order valence-corrected chi connectivity index (χ0v) is 17.6. The van der Waals surface area contributed by atoms with Gasteiger partial charge in [0.25, 0.3) is 5.91 Å². The predicted octanol–water partition coefficient (Wildman–Crippen LogP) is 0.970. The molecule has 0 aromatic heterocycles. The first-order valence-corrected chi connectivity index (χ1v) is 10.5. The van der Waals surface area contributed by atoms with E-state index in [4.69, 9.17) is 21.1 Å². The van der Waals surface area contributed by atoms with Gasteiger partial charge in [0.05, 0.1) is 18.3 Å². The second-order valence-corrected chi connectivity index (χ2v) is 7.91. The lowest BCUT2D eigenvalue weighted by Crippen LogP contribution is -2.36. The molecule has 2 aliphatic heterocycles. The van der Waals surface area contributed by atoms with Crippen LogP contribution in [0.25, 0.3) is 0 Å². The molecule has 0 aliphatic carbocycles. The minimum absolute atomic E-state index is 0.119. The van der Waals surface area contributed by atoms with E-state index in [1.54, 1.807) is 29.4 Å². The molecule has 0 saturated carbocycles. The van der Waals surface area contributed by atoms with E-state index in [0.29, 0.717) is 47.7 Å². The number of benzene rings is 1. The molecule has 1 aromatic carbocycles. The van der Waals surface area contributed by atoms with E-state index >= 15 is 0 Å². The molecule has 2 heterocycles. The number of nitrogens with two attached hydrogens (primary N) is 2. The van der Waals surface area contributed by atoms with Crippen LogP contribution in [0.3, 0.4) is 0 Å². The number of hydrazine groups is 1. The Morgan fingerprint density at radius 3 is 2.81 bits per heavy atom. The lowest BCUT2D eigenvalue weighted by molar-refractivity contribution is -0.112. The van der Waals surface area contributed by atoms with Crippen molar-refractivity contribution in [1.82, 2.24) is 9.91 Å². The van der Waals surface area contributed by atoms with Crippen molar-refractivity contribution in [2.75, 3.05) is 26.4 Å². The van der Waals surface area contributed by atoms with Gasteiger partial charge in [-0.15, -0.1) is 0 Å². The third-order valence-corrected chi connectivity index (χ3v) is 5.63. The Hall–Kier alpha value is -2.91. The van der Waals surface area contributed by atoms with Crippen LogP contribution < -0.4 is 16.3 Å². The summed E-state index contributed by atoms with van der Waals surface area (Å²) in [4.78, 5) is 36.3. The monoisotopic (exact) mass is 430 g/mol. The molecule has 1 fully saturated rings. The van der Waals surface area contributed by atoms with Crippen molar-refractivity contribution in [3.8, 4) is 5.75 Å². The van der Waals surface area contributed by atoms with E-state index in [2.05, 4.69) is 0 Å². The van der Waals surface area contributed by atoms with Gasteiger partial charge in [-0.3, -0.25) is 4.79 Å². The fourth-order valence-corrected chi connectivity index (χ4v) is 3.96. The molecule has 0 radical (unpaired) electrons. The van der Waals surface area contributed by atoms with Gasteiger partial charge in [0.2, 0.25) is 0 Å². The fourth-order valence-electron chi connectivity index (χ4n) is 3.96. The number of amides is 1. The van der Waals surface area contributed by atoms with Crippen LogP contribution in [0.1, 0.15) is 41.6 Å². The number of fused-ring (bicyclic) bond motifs is 1. The minimum Gasteiger partial charge on any atom is -0.487 e. The Bertz CT molecular complexity index is 822. The molecular weight excluding hydrogens is 400 g/mol. The molecule has 1 aromatic rings. The van der Waals surface area contributed by atoms with Crippen molar-refractivity contribution >= 4 is 18.5 Å². The molecule has 0 spiro atoms. The summed E-state index contributed by atoms with van der Waals surface area (Å²) in [7, 11) is 0. The summed E-state index contributed by atoms with van der Waals surface area (Å²) in [5.41, 5.74) is 7.76. The minimum atomic E-state index is -0.640. The number of carbonyl (C=O) groups excluding carboxylic acids is 3. The van der Waals surface area contributed by atoms with Crippen LogP contribution in [0.4, 0.5) is 0 Å². The van der Waals surface area contributed by atoms with Crippen molar-refractivity contribution in [3.63, 3.8) is 0 Å². The van der Waals surface area contributed by atoms with Gasteiger partial charge < -0.3 is 34.7 Å². The summed E-state index contributed by atoms with van der Waals surface area (Å²) < 4.78 is 11.2. The smallest absolute Gasteiger partial charge is 0.255 e. The molecule has 31 heavy (non-hydrogen) atoms. The molecule has 9 nitrogen and oxygen atoms in total. The SMILES string of the molecule is N/C(=C\N(N)CC1CCOCC1)COc1cccc2c1CN(C(C=O)CCC=O)C2=O. The van der Waals surface area contributed by atoms with Crippen LogP contribution in [-0.4, -0.2) is 60.8 Å². The fraction of sp³-hybridized carbons (Fsp3) is 0.500. The van der Waals surface area contributed by atoms with Crippen LogP contribution in [0.2, 0.25) is 0 Å². The van der Waals surface area contributed by atoms with Gasteiger partial charge in [0.15, 0.2) is 0 Å². The zero-order chi connectivity index (χ0) is 22.2. The first-order valence-electron chi connectivity index (χ1n) is 10.5. The number of hydrogen-bond donors (Lipinski definition) is 2. The number of rotatable bonds is 11. The van der Waals surface area contributed by atoms with E-state index in [1.807, 2.05) is 0 Å². The Labute approximate surface area is 181 Å². The summed E-state index contributed by atoms with van der Waals surface area (Å²) in [5, 5.41) is 1.58. The highest BCUT2D eigenvalue weighted by molar-refractivity contribution is 6.00. The van der Waals surface area contributed by atoms with Gasteiger partial charge in [0, 0.05) is 43.5 Å². The van der Waals surface area contributed by atoms with Crippen molar-refractivity contribution < 1.29 is 23.9 Å². The molecular formula is C22H30N4O5. The number of aldehydes is 2. The van der Waals surface area contributed by atoms with Crippen LogP contribution in [0.15, 0.2) is 30.1 Å². The van der Waals surface area contributed by atoms with Gasteiger partial charge in [-0.2, -0.15) is 0 Å². The Morgan fingerprint density at radius 2 is 2.10 bits per heavy atom. The number of carbonyl (C=O) groups is 3. The van der Waals surface area contributed by atoms with Gasteiger partial charge in [-0.05, 0) is 37.3 Å². The quantitative estimate of drug-likeness (QED) is 0.302. The molecule has 1 atom stereocenters. The summed E-state index contributed by atoms with van der Waals surface area (Å²) in [6.07, 6.45) is 5.60. The largest absolute Gasteiger partial charge is 0.487 e. The summed E-state index contributed by atoms with van der Waals surface area (Å²) in [6.45, 7) is 2.59. The van der Waals surface area contributed by atoms with Crippen molar-refractivity contribution in [1.29, 1.82) is 0 Å². The van der Waals surface area contributed by atoms with Crippen LogP contribution in [0.5, 0.6) is 5.75 Å². The standard InChI is InChI=1S/C22H30N4O5/c23-17(12-25(24)11-16-6-9-30-10-7-16)15-31-21-5-1-4-19-20(21)13-26(22(19)29)18(14-28)3-2-8-27/h1,4-5,8,12,14,16,18H,2-3,6-7,9-11,13,15,23-24H2/b17-12-. The molecule has 168 valence electrons. The highest BCUT2D eigenvalue weighted by Gasteiger charge is 2.34. The number of nitrogens with zero attached hydrogens (tertiary/aromatic N) is 2. The van der Waals surface area contributed by atoms with E-state index in [1.165, 1.54) is 4.90 Å². The highest BCUT2D eigenvalue weighted by atomic mass is 16.5. The second-order valence-electron chi connectivity index (χ2n) is 7.91. The average Bonchev–Trinajstić information content (AvgIpc) is 3.10. The maximum Gasteiger partial charge on any atom is 0.255 e. The summed E-state index contributed by atoms with van der Waals surface area (Å²) in [5.74, 6) is 6.84. The average molecular weight is 431 g/mol. The first kappa shape index (κ1) is 22.8. The third-order valence-electron chi connectivity index (χ3n) is 5.63. The Balaban J connectivity index is 1.61. The molecule has 0 bridgehead atoms. The van der Waals surface area contributed by atoms with Gasteiger partial charge in [-0.25, -0.2) is 5.84 Å². The lowest BCUT2D eigenvalue weighted by atomic mass is 10.0. The van der Waals surface area contributed by atoms with E-state index in [-0.39, 0.29) is 25.5 Å². The summed E-state index contributed by atoms with van der Waals surface area (Å²) >= 11 is 0. The highest BCUT2D eigenvalue weighted by Crippen LogP contribution is 2.32. The van der Waals surface area contributed by atoms with Crippen molar-refractivity contribution in [3.05, 3.63) is 41.2 Å². The van der Waals surface area contributed by atoms with Crippen LogP contribution >= 0.6 is 0 Å². The number of hydrogen-bond acceptors (Lipinski definition) is 8. The Kier molecular flexibility index (Phi) is 8.02. The van der Waals surface area contributed by atoms with E-state index in [9.17, 15) is 14.4 Å². The maximum atomic E-state index is 12.7. The van der Waals surface area contributed by atoms with Crippen molar-refractivity contribution in [2.24, 2.45) is 17.5 Å². The molecule has 9 heteroatoms. The molecule has 4 N–H and O–H groups in total. The predicted molar refractivity (Wildman–Crippen MR) is 114 cm³/mol. The molecule has 1 amide bonds. The van der Waals surface area contributed by atoms with E-state index in [0.717, 1.165) is 32.3 Å². The van der Waals surface area contributed by atoms with Gasteiger partial charge in [0.1, 0.15) is 24.9 Å². The van der Waals surface area contributed by atoms with E-state index < -0.39 is 6.04 Å². The molecule has 2 aliphatic rings. The topological polar surface area (TPSA) is 128 Å². The van der Waals surface area contributed by atoms with Crippen LogP contribution in [-0.2, 0) is 20.9 Å². The maximum absolute atomic E-state index is 12.7. The van der Waals surface area contributed by atoms with Crippen molar-refractivity contribution in [2.45, 2.75) is 38.3 Å². The molecule has 1 unspecified atom stereocenters. The Morgan fingerprint density at radius 1 is 1.32 bits per heavy atom. The zero-order valence-electron chi connectivity index (χ0n) is 17.6. The first-order chi connectivity index (χ1) is 15.0. The molecule has 3 rings (SSSR count). The molecule has 1 saturated heterocycles.